The standard InChI is InChI=1S/C11H6N2OS/c14-7-1-2-9-3-4-11(15-9)10-8-12-5-6-13-10/h3-8H. The van der Waals surface area contributed by atoms with Crippen LogP contribution in [0.3, 0.4) is 0 Å². The SMILES string of the molecule is O=CC#Cc1ccc(-c2cnccn2)s1. The average molecular weight is 214 g/mol. The normalized spacial score (nSPS) is 9.07. The molecule has 0 radical (unpaired) electrons. The second kappa shape index (κ2) is 4.49. The largest absolute Gasteiger partial charge is 0.289 e. The Labute approximate surface area is 90.8 Å². The van der Waals surface area contributed by atoms with Gasteiger partial charge in [-0.3, -0.25) is 14.8 Å². The molecule has 0 saturated heterocycles. The van der Waals surface area contributed by atoms with Crippen LogP contribution in [0.1, 0.15) is 4.88 Å². The predicted octanol–water partition coefficient (Wildman–Crippen LogP) is 1.76. The summed E-state index contributed by atoms with van der Waals surface area (Å²) in [6.45, 7) is 0. The number of aldehydes is 1. The average Bonchev–Trinajstić information content (AvgIpc) is 2.76. The maximum atomic E-state index is 10.1. The van der Waals surface area contributed by atoms with Crippen molar-refractivity contribution in [2.75, 3.05) is 0 Å². The monoisotopic (exact) mass is 214 g/mol. The smallest absolute Gasteiger partial charge is 0.193 e. The summed E-state index contributed by atoms with van der Waals surface area (Å²) in [6.07, 6.45) is 5.56. The first-order chi connectivity index (χ1) is 7.40. The van der Waals surface area contributed by atoms with E-state index in [1.54, 1.807) is 18.6 Å². The maximum absolute atomic E-state index is 10.1. The van der Waals surface area contributed by atoms with Crippen molar-refractivity contribution >= 4 is 17.6 Å². The topological polar surface area (TPSA) is 42.9 Å². The van der Waals surface area contributed by atoms with Crippen molar-refractivity contribution in [2.24, 2.45) is 0 Å². The molecular formula is C11H6N2OS. The number of rotatable bonds is 1. The highest BCUT2D eigenvalue weighted by molar-refractivity contribution is 7.16. The Morgan fingerprint density at radius 2 is 2.27 bits per heavy atom. The quantitative estimate of drug-likeness (QED) is 0.536. The summed E-state index contributed by atoms with van der Waals surface area (Å²) in [5.74, 6) is 5.11. The summed E-state index contributed by atoms with van der Waals surface area (Å²) in [7, 11) is 0. The van der Waals surface area contributed by atoms with E-state index in [1.165, 1.54) is 11.3 Å². The van der Waals surface area contributed by atoms with Crippen LogP contribution in [0.15, 0.2) is 30.7 Å². The lowest BCUT2D eigenvalue weighted by Gasteiger charge is -1.91. The summed E-state index contributed by atoms with van der Waals surface area (Å²) < 4.78 is 0. The van der Waals surface area contributed by atoms with Crippen LogP contribution < -0.4 is 0 Å². The molecule has 2 aromatic heterocycles. The molecule has 2 rings (SSSR count). The van der Waals surface area contributed by atoms with Crippen LogP contribution in [0, 0.1) is 11.8 Å². The third-order valence-electron chi connectivity index (χ3n) is 1.68. The van der Waals surface area contributed by atoms with Crippen LogP contribution in [0.25, 0.3) is 10.6 Å². The van der Waals surface area contributed by atoms with E-state index in [1.807, 2.05) is 12.1 Å². The number of nitrogens with zero attached hydrogens (tertiary/aromatic N) is 2. The highest BCUT2D eigenvalue weighted by Gasteiger charge is 2.01. The van der Waals surface area contributed by atoms with Crippen molar-refractivity contribution in [3.05, 3.63) is 35.6 Å². The molecule has 15 heavy (non-hydrogen) atoms. The van der Waals surface area contributed by atoms with Crippen LogP contribution in [0.4, 0.5) is 0 Å². The molecule has 2 heterocycles. The minimum atomic E-state index is 0.585. The van der Waals surface area contributed by atoms with E-state index in [0.29, 0.717) is 6.29 Å². The van der Waals surface area contributed by atoms with Gasteiger partial charge in [0.15, 0.2) is 6.29 Å². The third kappa shape index (κ3) is 2.27. The summed E-state index contributed by atoms with van der Waals surface area (Å²) in [6, 6.07) is 3.79. The minimum absolute atomic E-state index is 0.585. The summed E-state index contributed by atoms with van der Waals surface area (Å²) in [5, 5.41) is 0. The molecule has 2 aromatic rings. The molecule has 0 amide bonds. The highest BCUT2D eigenvalue weighted by atomic mass is 32.1. The Morgan fingerprint density at radius 1 is 1.33 bits per heavy atom. The van der Waals surface area contributed by atoms with E-state index in [9.17, 15) is 4.79 Å². The van der Waals surface area contributed by atoms with E-state index < -0.39 is 0 Å². The van der Waals surface area contributed by atoms with Gasteiger partial charge in [0.25, 0.3) is 0 Å². The molecule has 0 bridgehead atoms. The lowest BCUT2D eigenvalue weighted by molar-refractivity contribution is -0.103. The van der Waals surface area contributed by atoms with Gasteiger partial charge in [0.1, 0.15) is 0 Å². The molecule has 0 saturated carbocycles. The van der Waals surface area contributed by atoms with Crippen LogP contribution in [0.5, 0.6) is 0 Å². The van der Waals surface area contributed by atoms with Gasteiger partial charge in [0.2, 0.25) is 0 Å². The molecule has 0 N–H and O–H groups in total. The summed E-state index contributed by atoms with van der Waals surface area (Å²) >= 11 is 1.49. The zero-order chi connectivity index (χ0) is 10.5. The van der Waals surface area contributed by atoms with Gasteiger partial charge in [-0.25, -0.2) is 0 Å². The van der Waals surface area contributed by atoms with Gasteiger partial charge in [0.05, 0.1) is 21.6 Å². The Hall–Kier alpha value is -1.99. The van der Waals surface area contributed by atoms with E-state index in [-0.39, 0.29) is 0 Å². The van der Waals surface area contributed by atoms with Crippen molar-refractivity contribution in [3.63, 3.8) is 0 Å². The predicted molar refractivity (Wildman–Crippen MR) is 58.3 cm³/mol. The first-order valence-corrected chi connectivity index (χ1v) is 5.03. The molecule has 0 atom stereocenters. The van der Waals surface area contributed by atoms with E-state index >= 15 is 0 Å². The van der Waals surface area contributed by atoms with Gasteiger partial charge in [-0.2, -0.15) is 0 Å². The van der Waals surface area contributed by atoms with E-state index in [2.05, 4.69) is 21.8 Å². The number of thiophene rings is 1. The number of aromatic nitrogens is 2. The van der Waals surface area contributed by atoms with Gasteiger partial charge in [-0.1, -0.05) is 0 Å². The Bertz CT molecular complexity index is 522. The van der Waals surface area contributed by atoms with Gasteiger partial charge < -0.3 is 0 Å². The van der Waals surface area contributed by atoms with Crippen LogP contribution in [0.2, 0.25) is 0 Å². The molecule has 0 aliphatic rings. The molecule has 0 aromatic carbocycles. The molecule has 0 fully saturated rings. The Balaban J connectivity index is 2.32. The van der Waals surface area contributed by atoms with Crippen molar-refractivity contribution in [2.45, 2.75) is 0 Å². The molecule has 0 spiro atoms. The molecule has 0 aliphatic carbocycles. The Morgan fingerprint density at radius 3 is 3.00 bits per heavy atom. The molecule has 4 heteroatoms. The van der Waals surface area contributed by atoms with Gasteiger partial charge in [-0.15, -0.1) is 11.3 Å². The van der Waals surface area contributed by atoms with Crippen LogP contribution in [-0.2, 0) is 4.79 Å². The molecule has 0 aliphatic heterocycles. The maximum Gasteiger partial charge on any atom is 0.193 e. The minimum Gasteiger partial charge on any atom is -0.289 e. The Kier molecular flexibility index (Phi) is 2.86. The number of carbonyl (C=O) groups is 1. The second-order valence-electron chi connectivity index (χ2n) is 2.64. The summed E-state index contributed by atoms with van der Waals surface area (Å²) in [5.41, 5.74) is 0.821. The van der Waals surface area contributed by atoms with Crippen molar-refractivity contribution in [1.82, 2.24) is 9.97 Å². The van der Waals surface area contributed by atoms with Gasteiger partial charge in [0, 0.05) is 12.4 Å². The highest BCUT2D eigenvalue weighted by Crippen LogP contribution is 2.24. The fourth-order valence-electron chi connectivity index (χ4n) is 1.07. The number of carbonyl (C=O) groups excluding carboxylic acids is 1. The van der Waals surface area contributed by atoms with Crippen molar-refractivity contribution in [3.8, 4) is 22.4 Å². The second-order valence-corrected chi connectivity index (χ2v) is 3.73. The van der Waals surface area contributed by atoms with E-state index in [0.717, 1.165) is 15.4 Å². The first-order valence-electron chi connectivity index (χ1n) is 4.21. The van der Waals surface area contributed by atoms with Crippen molar-refractivity contribution < 1.29 is 4.79 Å². The molecule has 72 valence electrons. The fraction of sp³-hybridized carbons (Fsp3) is 0. The zero-order valence-corrected chi connectivity index (χ0v) is 8.49. The van der Waals surface area contributed by atoms with Gasteiger partial charge >= 0.3 is 0 Å². The van der Waals surface area contributed by atoms with Crippen molar-refractivity contribution in [1.29, 1.82) is 0 Å². The fourth-order valence-corrected chi connectivity index (χ4v) is 1.90. The summed E-state index contributed by atoms with van der Waals surface area (Å²) in [4.78, 5) is 20.1. The van der Waals surface area contributed by atoms with Crippen LogP contribution >= 0.6 is 11.3 Å². The first kappa shape index (κ1) is 9.56. The van der Waals surface area contributed by atoms with Gasteiger partial charge in [-0.05, 0) is 24.0 Å². The molecule has 3 nitrogen and oxygen atoms in total. The molecule has 0 unspecified atom stereocenters. The lowest BCUT2D eigenvalue weighted by Crippen LogP contribution is -1.79. The lowest BCUT2D eigenvalue weighted by atomic mass is 10.3. The third-order valence-corrected chi connectivity index (χ3v) is 2.70. The number of hydrogen-bond donors (Lipinski definition) is 0. The van der Waals surface area contributed by atoms with Crippen LogP contribution in [-0.4, -0.2) is 16.3 Å². The van der Waals surface area contributed by atoms with E-state index in [4.69, 9.17) is 0 Å². The molecular weight excluding hydrogens is 208 g/mol. The zero-order valence-electron chi connectivity index (χ0n) is 7.68. The number of hydrogen-bond acceptors (Lipinski definition) is 4.